The topological polar surface area (TPSA) is 102 Å². The summed E-state index contributed by atoms with van der Waals surface area (Å²) >= 11 is 0. The minimum absolute atomic E-state index is 0.149. The summed E-state index contributed by atoms with van der Waals surface area (Å²) in [4.78, 5) is 15.6. The molecular formula is C28H29FN2O5S. The predicted octanol–water partition coefficient (Wildman–Crippen LogP) is 5.70. The van der Waals surface area contributed by atoms with Crippen LogP contribution in [0.5, 0.6) is 5.75 Å². The fourth-order valence-corrected chi connectivity index (χ4v) is 4.56. The number of pyridine rings is 1. The van der Waals surface area contributed by atoms with Gasteiger partial charge in [-0.05, 0) is 74.7 Å². The average molecular weight is 525 g/mol. The van der Waals surface area contributed by atoms with Gasteiger partial charge in [-0.15, -0.1) is 0 Å². The normalized spacial score (nSPS) is 12.6. The number of nitrogens with one attached hydrogen (secondary N) is 1. The molecule has 4 rings (SSSR count). The highest BCUT2D eigenvalue weighted by Crippen LogP contribution is 2.33. The van der Waals surface area contributed by atoms with E-state index in [0.29, 0.717) is 40.1 Å². The van der Waals surface area contributed by atoms with E-state index >= 15 is 0 Å². The molecule has 0 aliphatic heterocycles. The van der Waals surface area contributed by atoms with Crippen molar-refractivity contribution in [2.75, 3.05) is 0 Å². The molecule has 194 valence electrons. The van der Waals surface area contributed by atoms with Crippen LogP contribution in [0.3, 0.4) is 0 Å². The van der Waals surface area contributed by atoms with E-state index in [4.69, 9.17) is 9.15 Å². The Bertz CT molecular complexity index is 1480. The van der Waals surface area contributed by atoms with Crippen LogP contribution in [0.4, 0.5) is 4.39 Å². The molecule has 0 fully saturated rings. The number of aryl methyl sites for hydroxylation is 1. The Labute approximate surface area is 217 Å². The van der Waals surface area contributed by atoms with Crippen molar-refractivity contribution < 1.29 is 27.7 Å². The number of fused-ring (bicyclic) bond motifs is 1. The molecule has 0 saturated carbocycles. The molecule has 0 amide bonds. The van der Waals surface area contributed by atoms with Crippen LogP contribution < -0.4 is 9.46 Å². The van der Waals surface area contributed by atoms with Crippen LogP contribution in [0.15, 0.2) is 59.1 Å². The molecule has 2 aromatic carbocycles. The fourth-order valence-electron chi connectivity index (χ4n) is 3.85. The third-order valence-electron chi connectivity index (χ3n) is 5.67. The minimum atomic E-state index is -1.25. The first kappa shape index (κ1) is 26.5. The van der Waals surface area contributed by atoms with Gasteiger partial charge in [0, 0.05) is 28.8 Å². The van der Waals surface area contributed by atoms with Gasteiger partial charge in [0.25, 0.3) is 6.01 Å². The first-order chi connectivity index (χ1) is 17.5. The maximum Gasteiger partial charge on any atom is 0.307 e. The Hall–Kier alpha value is -3.56. The van der Waals surface area contributed by atoms with Gasteiger partial charge in [0.2, 0.25) is 0 Å². The number of rotatable bonds is 9. The second kappa shape index (κ2) is 10.8. The third-order valence-corrected chi connectivity index (χ3v) is 7.19. The summed E-state index contributed by atoms with van der Waals surface area (Å²) in [6.07, 6.45) is 1.49. The lowest BCUT2D eigenvalue weighted by Gasteiger charge is -2.18. The second-order valence-corrected chi connectivity index (χ2v) is 11.9. The molecule has 4 aromatic rings. The molecule has 2 aromatic heterocycles. The van der Waals surface area contributed by atoms with Gasteiger partial charge in [0.1, 0.15) is 17.9 Å². The first-order valence-electron chi connectivity index (χ1n) is 11.8. The van der Waals surface area contributed by atoms with E-state index in [1.807, 2.05) is 45.9 Å². The number of ether oxygens (including phenoxy) is 1. The van der Waals surface area contributed by atoms with Crippen molar-refractivity contribution in [2.24, 2.45) is 0 Å². The van der Waals surface area contributed by atoms with Crippen molar-refractivity contribution in [2.45, 2.75) is 52.0 Å². The van der Waals surface area contributed by atoms with Gasteiger partial charge in [-0.3, -0.25) is 9.78 Å². The van der Waals surface area contributed by atoms with Gasteiger partial charge in [-0.1, -0.05) is 12.1 Å². The standard InChI is InChI=1S/C28H29FN2O5S/c1-17-5-6-20(14-26(32)33)24(9-17)35-16-18-10-21-13-25(29)36-27(21)23(11-18)19-7-8-30-22(12-19)15-31-37(34)28(2,3)4/h5-13,31H,14-16H2,1-4H3,(H,32,33). The first-order valence-corrected chi connectivity index (χ1v) is 12.9. The van der Waals surface area contributed by atoms with E-state index in [9.17, 15) is 18.5 Å². The molecule has 0 spiro atoms. The molecule has 9 heteroatoms. The average Bonchev–Trinajstić information content (AvgIpc) is 3.21. The number of aliphatic carboxylic acids is 1. The number of furan rings is 1. The van der Waals surface area contributed by atoms with Crippen LogP contribution in [-0.2, 0) is 35.4 Å². The molecule has 0 aliphatic rings. The molecule has 0 saturated heterocycles. The highest BCUT2D eigenvalue weighted by Gasteiger charge is 2.19. The molecular weight excluding hydrogens is 495 g/mol. The lowest BCUT2D eigenvalue weighted by molar-refractivity contribution is -0.136. The predicted molar refractivity (Wildman–Crippen MR) is 141 cm³/mol. The maximum absolute atomic E-state index is 14.1. The molecule has 0 bridgehead atoms. The summed E-state index contributed by atoms with van der Waals surface area (Å²) in [5.74, 6) is -0.452. The Kier molecular flexibility index (Phi) is 7.75. The van der Waals surface area contributed by atoms with Crippen molar-refractivity contribution in [1.29, 1.82) is 0 Å². The van der Waals surface area contributed by atoms with Crippen molar-refractivity contribution in [1.82, 2.24) is 9.71 Å². The Balaban J connectivity index is 1.64. The molecule has 2 heterocycles. The van der Waals surface area contributed by atoms with Crippen LogP contribution in [0.2, 0.25) is 0 Å². The fraction of sp³-hybridized carbons (Fsp3) is 0.286. The SMILES string of the molecule is Cc1ccc(CC(=O)O)c(OCc2cc(-c3ccnc(CNS(=O)C(C)(C)C)c3)c3oc(F)cc3c2)c1. The maximum atomic E-state index is 14.1. The Morgan fingerprint density at radius 3 is 2.68 bits per heavy atom. The van der Waals surface area contributed by atoms with Crippen LogP contribution in [0.25, 0.3) is 22.1 Å². The van der Waals surface area contributed by atoms with E-state index in [-0.39, 0.29) is 13.0 Å². The van der Waals surface area contributed by atoms with Gasteiger partial charge >= 0.3 is 5.97 Å². The molecule has 2 N–H and O–H groups in total. The largest absolute Gasteiger partial charge is 0.489 e. The van der Waals surface area contributed by atoms with Gasteiger partial charge in [0.05, 0.1) is 34.4 Å². The van der Waals surface area contributed by atoms with Gasteiger partial charge in [-0.2, -0.15) is 4.39 Å². The monoisotopic (exact) mass is 524 g/mol. The van der Waals surface area contributed by atoms with Crippen molar-refractivity contribution in [3.8, 4) is 16.9 Å². The van der Waals surface area contributed by atoms with Crippen molar-refractivity contribution in [3.05, 3.63) is 83.1 Å². The highest BCUT2D eigenvalue weighted by molar-refractivity contribution is 7.84. The van der Waals surface area contributed by atoms with Crippen LogP contribution >= 0.6 is 0 Å². The molecule has 1 unspecified atom stereocenters. The quantitative estimate of drug-likeness (QED) is 0.291. The number of aromatic nitrogens is 1. The van der Waals surface area contributed by atoms with Crippen LogP contribution in [0.1, 0.15) is 43.2 Å². The van der Waals surface area contributed by atoms with Crippen LogP contribution in [-0.4, -0.2) is 25.0 Å². The number of nitrogens with zero attached hydrogens (tertiary/aromatic N) is 1. The molecule has 7 nitrogen and oxygen atoms in total. The summed E-state index contributed by atoms with van der Waals surface area (Å²) in [5.41, 5.74) is 4.78. The number of benzene rings is 2. The van der Waals surface area contributed by atoms with E-state index in [1.165, 1.54) is 6.07 Å². The molecule has 0 aliphatic carbocycles. The Morgan fingerprint density at radius 1 is 1.16 bits per heavy atom. The minimum Gasteiger partial charge on any atom is -0.489 e. The van der Waals surface area contributed by atoms with E-state index in [0.717, 1.165) is 16.7 Å². The number of halogens is 1. The molecule has 0 radical (unpaired) electrons. The summed E-state index contributed by atoms with van der Waals surface area (Å²) < 4.78 is 40.5. The van der Waals surface area contributed by atoms with Crippen molar-refractivity contribution >= 4 is 27.9 Å². The van der Waals surface area contributed by atoms with E-state index < -0.39 is 27.7 Å². The Morgan fingerprint density at radius 2 is 1.95 bits per heavy atom. The number of carbonyl (C=O) groups is 1. The lowest BCUT2D eigenvalue weighted by Crippen LogP contribution is -2.33. The molecule has 37 heavy (non-hydrogen) atoms. The van der Waals surface area contributed by atoms with Gasteiger partial charge in [-0.25, -0.2) is 8.93 Å². The van der Waals surface area contributed by atoms with Crippen LogP contribution in [0, 0.1) is 12.9 Å². The van der Waals surface area contributed by atoms with E-state index in [1.54, 1.807) is 30.5 Å². The summed E-state index contributed by atoms with van der Waals surface area (Å²) in [6.45, 7) is 8.01. The number of hydrogen-bond donors (Lipinski definition) is 2. The number of hydrogen-bond acceptors (Lipinski definition) is 5. The van der Waals surface area contributed by atoms with E-state index in [2.05, 4.69) is 9.71 Å². The summed E-state index contributed by atoms with van der Waals surface area (Å²) in [5, 5.41) is 9.81. The summed E-state index contributed by atoms with van der Waals surface area (Å²) in [6, 6.07) is 13.3. The number of carboxylic acids is 1. The second-order valence-electron chi connectivity index (χ2n) is 9.82. The van der Waals surface area contributed by atoms with Crippen molar-refractivity contribution in [3.63, 3.8) is 0 Å². The van der Waals surface area contributed by atoms with Gasteiger partial charge in [0.15, 0.2) is 0 Å². The zero-order valence-corrected chi connectivity index (χ0v) is 21.9. The van der Waals surface area contributed by atoms with Gasteiger partial charge < -0.3 is 14.3 Å². The third kappa shape index (κ3) is 6.61. The lowest BCUT2D eigenvalue weighted by atomic mass is 10.0. The highest BCUT2D eigenvalue weighted by atomic mass is 32.2. The number of carboxylic acid groups (broad SMARTS) is 1. The zero-order chi connectivity index (χ0) is 26.7. The zero-order valence-electron chi connectivity index (χ0n) is 21.1. The molecule has 1 atom stereocenters. The summed E-state index contributed by atoms with van der Waals surface area (Å²) in [7, 11) is -1.25. The smallest absolute Gasteiger partial charge is 0.307 e.